The molecule has 36 heavy (non-hydrogen) atoms. The number of likely N-dealkylation sites (tertiary alicyclic amines) is 1. The van der Waals surface area contributed by atoms with Crippen molar-refractivity contribution in [1.29, 1.82) is 5.26 Å². The summed E-state index contributed by atoms with van der Waals surface area (Å²) in [6.45, 7) is 6.03. The lowest BCUT2D eigenvalue weighted by atomic mass is 10.1. The Morgan fingerprint density at radius 1 is 1.22 bits per heavy atom. The number of hydrogen-bond acceptors (Lipinski definition) is 8. The number of pyridine rings is 1. The highest BCUT2D eigenvalue weighted by atomic mass is 16.5. The highest BCUT2D eigenvalue weighted by Crippen LogP contribution is 2.22. The maximum absolute atomic E-state index is 13.2. The van der Waals surface area contributed by atoms with Crippen LogP contribution in [0.2, 0.25) is 0 Å². The first-order valence-corrected chi connectivity index (χ1v) is 11.7. The fourth-order valence-corrected chi connectivity index (χ4v) is 4.27. The van der Waals surface area contributed by atoms with E-state index in [1.807, 2.05) is 24.3 Å². The summed E-state index contributed by atoms with van der Waals surface area (Å²) in [5.41, 5.74) is 1.34. The number of fused-ring (bicyclic) bond motifs is 1. The van der Waals surface area contributed by atoms with E-state index in [0.29, 0.717) is 39.9 Å². The van der Waals surface area contributed by atoms with Crippen LogP contribution in [0.15, 0.2) is 66.1 Å². The van der Waals surface area contributed by atoms with E-state index in [1.54, 1.807) is 29.0 Å². The molecule has 10 heteroatoms. The Morgan fingerprint density at radius 3 is 2.81 bits per heavy atom. The molecule has 0 bridgehead atoms. The molecule has 1 N–H and O–H groups in total. The first-order chi connectivity index (χ1) is 17.6. The number of nitrogens with zero attached hydrogens (tertiary/aromatic N) is 7. The van der Waals surface area contributed by atoms with Gasteiger partial charge in [0.25, 0.3) is 5.56 Å². The molecule has 0 atom stereocenters. The second kappa shape index (κ2) is 10.0. The molecule has 182 valence electrons. The van der Waals surface area contributed by atoms with Gasteiger partial charge < -0.3 is 15.0 Å². The summed E-state index contributed by atoms with van der Waals surface area (Å²) < 4.78 is 9.37. The van der Waals surface area contributed by atoms with Gasteiger partial charge in [0.05, 0.1) is 18.2 Å². The second-order valence-electron chi connectivity index (χ2n) is 8.69. The molecule has 4 heterocycles. The summed E-state index contributed by atoms with van der Waals surface area (Å²) >= 11 is 0. The van der Waals surface area contributed by atoms with Crippen molar-refractivity contribution in [3.05, 3.63) is 77.2 Å². The van der Waals surface area contributed by atoms with Crippen LogP contribution in [0, 0.1) is 11.3 Å². The fraction of sp³-hybridized carbons (Fsp3) is 0.269. The van der Waals surface area contributed by atoms with E-state index in [-0.39, 0.29) is 18.2 Å². The Bertz CT molecular complexity index is 1510. The molecule has 3 aromatic heterocycles. The fourth-order valence-electron chi connectivity index (χ4n) is 4.27. The molecule has 5 rings (SSSR count). The topological polar surface area (TPSA) is 114 Å². The maximum Gasteiger partial charge on any atom is 0.278 e. The highest BCUT2D eigenvalue weighted by Gasteiger charge is 2.21. The van der Waals surface area contributed by atoms with E-state index in [1.165, 1.54) is 10.9 Å². The van der Waals surface area contributed by atoms with Gasteiger partial charge in [-0.15, -0.1) is 6.58 Å². The molecular weight excluding hydrogens is 456 g/mol. The van der Waals surface area contributed by atoms with E-state index in [9.17, 15) is 10.1 Å². The minimum Gasteiger partial charge on any atom is -0.474 e. The molecule has 0 aliphatic carbocycles. The summed E-state index contributed by atoms with van der Waals surface area (Å²) in [6.07, 6.45) is 5.12. The molecule has 1 aliphatic rings. The Morgan fingerprint density at radius 2 is 2.03 bits per heavy atom. The average molecular weight is 483 g/mol. The second-order valence-corrected chi connectivity index (χ2v) is 8.69. The molecule has 0 unspecified atom stereocenters. The molecule has 0 radical (unpaired) electrons. The summed E-state index contributed by atoms with van der Waals surface area (Å²) in [5.74, 6) is 1.30. The van der Waals surface area contributed by atoms with Gasteiger partial charge in [0.1, 0.15) is 11.5 Å². The molecular formula is C26H26N8O2. The van der Waals surface area contributed by atoms with E-state index in [0.717, 1.165) is 25.9 Å². The van der Waals surface area contributed by atoms with Gasteiger partial charge >= 0.3 is 0 Å². The Kier molecular flexibility index (Phi) is 6.47. The zero-order valence-corrected chi connectivity index (χ0v) is 20.0. The van der Waals surface area contributed by atoms with Crippen molar-refractivity contribution < 1.29 is 4.74 Å². The van der Waals surface area contributed by atoms with Crippen molar-refractivity contribution >= 4 is 22.7 Å². The molecule has 0 saturated carbocycles. The number of anilines is 2. The van der Waals surface area contributed by atoms with Crippen LogP contribution in [0.1, 0.15) is 18.4 Å². The summed E-state index contributed by atoms with van der Waals surface area (Å²) in [5, 5.41) is 12.6. The van der Waals surface area contributed by atoms with E-state index < -0.39 is 0 Å². The summed E-state index contributed by atoms with van der Waals surface area (Å²) in [4.78, 5) is 29.1. The Balaban J connectivity index is 1.54. The lowest BCUT2D eigenvalue weighted by Gasteiger charge is -2.29. The molecule has 0 spiro atoms. The SMILES string of the molecule is C=CCn1c(=O)c2cnc(Nc3cccc(C#N)c3)nc2n1-c1cccc(OC2CCN(C)CC2)n1. The van der Waals surface area contributed by atoms with Crippen molar-refractivity contribution in [1.82, 2.24) is 29.2 Å². The van der Waals surface area contributed by atoms with Crippen LogP contribution < -0.4 is 15.6 Å². The third-order valence-corrected chi connectivity index (χ3v) is 6.10. The van der Waals surface area contributed by atoms with Crippen molar-refractivity contribution in [3.63, 3.8) is 0 Å². The normalized spacial score (nSPS) is 14.4. The Hall–Kier alpha value is -4.49. The van der Waals surface area contributed by atoms with Gasteiger partial charge in [-0.25, -0.2) is 14.3 Å². The van der Waals surface area contributed by atoms with Crippen molar-refractivity contribution in [2.24, 2.45) is 0 Å². The molecule has 1 saturated heterocycles. The number of allylic oxidation sites excluding steroid dienone is 1. The standard InChI is InChI=1S/C26H26N8O2/c1-3-12-33-25(35)21-17-28-26(29-19-7-4-6-18(15-19)16-27)31-24(21)34(33)22-8-5-9-23(30-22)36-20-10-13-32(2)14-11-20/h3-9,15,17,20H,1,10-14H2,2H3,(H,28,29,31). The zero-order chi connectivity index (χ0) is 25.1. The number of nitriles is 1. The molecule has 1 aliphatic heterocycles. The van der Waals surface area contributed by atoms with Crippen LogP contribution in [0.25, 0.3) is 16.9 Å². The van der Waals surface area contributed by atoms with Gasteiger partial charge in [-0.05, 0) is 44.2 Å². The summed E-state index contributed by atoms with van der Waals surface area (Å²) in [6, 6.07) is 14.6. The molecule has 4 aromatic rings. The number of aromatic nitrogens is 5. The number of piperidine rings is 1. The number of hydrogen-bond donors (Lipinski definition) is 1. The van der Waals surface area contributed by atoms with Crippen molar-refractivity contribution in [2.45, 2.75) is 25.5 Å². The van der Waals surface area contributed by atoms with Crippen LogP contribution in [0.3, 0.4) is 0 Å². The average Bonchev–Trinajstić information content (AvgIpc) is 3.16. The quantitative estimate of drug-likeness (QED) is 0.399. The minimum absolute atomic E-state index is 0.100. The Labute approximate surface area is 208 Å². The number of benzene rings is 1. The molecule has 10 nitrogen and oxygen atoms in total. The lowest BCUT2D eigenvalue weighted by molar-refractivity contribution is 0.110. The van der Waals surface area contributed by atoms with Crippen LogP contribution in [-0.2, 0) is 6.54 Å². The zero-order valence-electron chi connectivity index (χ0n) is 20.0. The van der Waals surface area contributed by atoms with Crippen LogP contribution in [0.4, 0.5) is 11.6 Å². The minimum atomic E-state index is -0.244. The number of nitrogens with one attached hydrogen (secondary N) is 1. The third-order valence-electron chi connectivity index (χ3n) is 6.10. The van der Waals surface area contributed by atoms with Crippen LogP contribution in [-0.4, -0.2) is 55.5 Å². The molecule has 1 aromatic carbocycles. The van der Waals surface area contributed by atoms with Crippen molar-refractivity contribution in [2.75, 3.05) is 25.5 Å². The van der Waals surface area contributed by atoms with Gasteiger partial charge in [-0.1, -0.05) is 18.2 Å². The first-order valence-electron chi connectivity index (χ1n) is 11.7. The monoisotopic (exact) mass is 482 g/mol. The lowest BCUT2D eigenvalue weighted by Crippen LogP contribution is -2.35. The van der Waals surface area contributed by atoms with Gasteiger partial charge in [0.15, 0.2) is 11.5 Å². The smallest absolute Gasteiger partial charge is 0.278 e. The predicted molar refractivity (Wildman–Crippen MR) is 137 cm³/mol. The predicted octanol–water partition coefficient (Wildman–Crippen LogP) is 3.25. The number of rotatable bonds is 7. The molecule has 1 fully saturated rings. The molecule has 0 amide bonds. The van der Waals surface area contributed by atoms with E-state index in [4.69, 9.17) is 9.72 Å². The third kappa shape index (κ3) is 4.69. The van der Waals surface area contributed by atoms with E-state index >= 15 is 0 Å². The van der Waals surface area contributed by atoms with Crippen LogP contribution >= 0.6 is 0 Å². The van der Waals surface area contributed by atoms with Gasteiger partial charge in [0, 0.05) is 31.0 Å². The maximum atomic E-state index is 13.2. The van der Waals surface area contributed by atoms with Gasteiger partial charge in [-0.2, -0.15) is 15.2 Å². The number of ether oxygens (including phenoxy) is 1. The first kappa shape index (κ1) is 23.3. The largest absolute Gasteiger partial charge is 0.474 e. The van der Waals surface area contributed by atoms with E-state index in [2.05, 4.69) is 39.9 Å². The summed E-state index contributed by atoms with van der Waals surface area (Å²) in [7, 11) is 2.11. The van der Waals surface area contributed by atoms with Crippen LogP contribution in [0.5, 0.6) is 5.88 Å². The van der Waals surface area contributed by atoms with Crippen molar-refractivity contribution in [3.8, 4) is 17.8 Å². The highest BCUT2D eigenvalue weighted by molar-refractivity contribution is 5.77. The van der Waals surface area contributed by atoms with Gasteiger partial charge in [-0.3, -0.25) is 4.79 Å². The van der Waals surface area contributed by atoms with Gasteiger partial charge in [0.2, 0.25) is 11.8 Å².